The number of hydrogen-bond donors (Lipinski definition) is 1. The average Bonchev–Trinajstić information content (AvgIpc) is 3.18. The Morgan fingerprint density at radius 1 is 1.28 bits per heavy atom. The predicted molar refractivity (Wildman–Crippen MR) is 84.2 cm³/mol. The van der Waals surface area contributed by atoms with Crippen molar-refractivity contribution in [2.75, 3.05) is 19.7 Å². The first-order chi connectivity index (χ1) is 11.8. The predicted octanol–water partition coefficient (Wildman–Crippen LogP) is 2.59. The number of alkyl halides is 3. The summed E-state index contributed by atoms with van der Waals surface area (Å²) >= 11 is 0. The lowest BCUT2D eigenvalue weighted by molar-refractivity contribution is -0.143. The molecule has 8 heteroatoms. The van der Waals surface area contributed by atoms with Gasteiger partial charge in [-0.2, -0.15) is 18.3 Å². The molecule has 1 fully saturated rings. The van der Waals surface area contributed by atoms with Crippen molar-refractivity contribution in [3.8, 4) is 5.69 Å². The van der Waals surface area contributed by atoms with Crippen molar-refractivity contribution < 1.29 is 23.1 Å². The van der Waals surface area contributed by atoms with Crippen molar-refractivity contribution in [2.45, 2.75) is 13.1 Å². The third kappa shape index (κ3) is 3.26. The van der Waals surface area contributed by atoms with Crippen LogP contribution in [-0.4, -0.2) is 45.4 Å². The zero-order valence-corrected chi connectivity index (χ0v) is 13.6. The number of likely N-dealkylation sites (tertiary alicyclic amines) is 1. The maximum absolute atomic E-state index is 13.6. The molecule has 0 saturated carbocycles. The van der Waals surface area contributed by atoms with Gasteiger partial charge in [-0.25, -0.2) is 4.68 Å². The van der Waals surface area contributed by atoms with E-state index in [1.807, 2.05) is 6.92 Å². The average molecular weight is 353 g/mol. The summed E-state index contributed by atoms with van der Waals surface area (Å²) in [6.07, 6.45) is -3.76. The number of aliphatic hydroxyl groups is 1. The summed E-state index contributed by atoms with van der Waals surface area (Å²) < 4.78 is 41.6. The molecule has 1 aromatic carbocycles. The minimum absolute atomic E-state index is 0.0347. The molecule has 2 atom stereocenters. The molecule has 5 nitrogen and oxygen atoms in total. The molecule has 1 amide bonds. The van der Waals surface area contributed by atoms with E-state index in [0.29, 0.717) is 6.54 Å². The second-order valence-corrected chi connectivity index (χ2v) is 6.28. The molecule has 25 heavy (non-hydrogen) atoms. The third-order valence-corrected chi connectivity index (χ3v) is 4.56. The largest absolute Gasteiger partial charge is 0.434 e. The SMILES string of the molecule is C[C@@H]1CN(C(=O)c2cnn(-c3ccccc3)c2C(F)(F)F)C[C@H]1CO. The number of aliphatic hydroxyl groups excluding tert-OH is 1. The Hall–Kier alpha value is -2.35. The summed E-state index contributed by atoms with van der Waals surface area (Å²) in [5.74, 6) is -0.799. The van der Waals surface area contributed by atoms with Gasteiger partial charge in [0.15, 0.2) is 5.69 Å². The molecule has 2 heterocycles. The molecule has 0 radical (unpaired) electrons. The zero-order valence-electron chi connectivity index (χ0n) is 13.6. The molecular formula is C17H18F3N3O2. The van der Waals surface area contributed by atoms with E-state index < -0.39 is 23.3 Å². The highest BCUT2D eigenvalue weighted by atomic mass is 19.4. The quantitative estimate of drug-likeness (QED) is 0.923. The maximum atomic E-state index is 13.6. The third-order valence-electron chi connectivity index (χ3n) is 4.56. The van der Waals surface area contributed by atoms with Gasteiger partial charge < -0.3 is 10.0 Å². The fourth-order valence-corrected chi connectivity index (χ4v) is 3.15. The molecule has 1 aliphatic rings. The van der Waals surface area contributed by atoms with E-state index in [1.54, 1.807) is 18.2 Å². The zero-order chi connectivity index (χ0) is 18.2. The highest BCUT2D eigenvalue weighted by Crippen LogP contribution is 2.35. The Balaban J connectivity index is 2.00. The number of nitrogens with zero attached hydrogens (tertiary/aromatic N) is 3. The van der Waals surface area contributed by atoms with Crippen LogP contribution in [0.2, 0.25) is 0 Å². The topological polar surface area (TPSA) is 58.4 Å². The van der Waals surface area contributed by atoms with Crippen LogP contribution in [0.1, 0.15) is 23.0 Å². The van der Waals surface area contributed by atoms with E-state index >= 15 is 0 Å². The lowest BCUT2D eigenvalue weighted by Crippen LogP contribution is -2.31. The van der Waals surface area contributed by atoms with Gasteiger partial charge in [0.25, 0.3) is 5.91 Å². The first-order valence-corrected chi connectivity index (χ1v) is 7.93. The summed E-state index contributed by atoms with van der Waals surface area (Å²) in [6.45, 7) is 2.33. The van der Waals surface area contributed by atoms with Crippen molar-refractivity contribution in [1.82, 2.24) is 14.7 Å². The van der Waals surface area contributed by atoms with E-state index in [1.165, 1.54) is 17.0 Å². The second kappa shape index (κ2) is 6.51. The van der Waals surface area contributed by atoms with Gasteiger partial charge in [0.2, 0.25) is 0 Å². The lowest BCUT2D eigenvalue weighted by atomic mass is 10.00. The monoisotopic (exact) mass is 353 g/mol. The standard InChI is InChI=1S/C17H18F3N3O2/c1-11-8-22(9-12(11)10-24)16(25)14-7-21-23(15(14)17(18,19)20)13-5-3-2-4-6-13/h2-7,11-12,24H,8-10H2,1H3/t11-,12+/m1/s1. The second-order valence-electron chi connectivity index (χ2n) is 6.28. The van der Waals surface area contributed by atoms with Gasteiger partial charge in [-0.3, -0.25) is 4.79 Å². The van der Waals surface area contributed by atoms with Gasteiger partial charge in [-0.15, -0.1) is 0 Å². The number of benzene rings is 1. The maximum Gasteiger partial charge on any atom is 0.434 e. The van der Waals surface area contributed by atoms with Crippen molar-refractivity contribution in [3.05, 3.63) is 47.8 Å². The van der Waals surface area contributed by atoms with Crippen LogP contribution < -0.4 is 0 Å². The number of carbonyl (C=O) groups is 1. The molecule has 1 saturated heterocycles. The van der Waals surface area contributed by atoms with E-state index in [-0.39, 0.29) is 30.7 Å². The summed E-state index contributed by atoms with van der Waals surface area (Å²) in [5.41, 5.74) is -1.32. The van der Waals surface area contributed by atoms with Crippen LogP contribution >= 0.6 is 0 Å². The lowest BCUT2D eigenvalue weighted by Gasteiger charge is -2.18. The minimum atomic E-state index is -4.72. The van der Waals surface area contributed by atoms with Crippen LogP contribution in [0.25, 0.3) is 5.69 Å². The summed E-state index contributed by atoms with van der Waals surface area (Å²) in [5, 5.41) is 13.1. The first kappa shape index (κ1) is 17.5. The molecule has 3 rings (SSSR count). The Kier molecular flexibility index (Phi) is 4.55. The van der Waals surface area contributed by atoms with Gasteiger partial charge >= 0.3 is 6.18 Å². The molecule has 0 unspecified atom stereocenters. The van der Waals surface area contributed by atoms with E-state index in [2.05, 4.69) is 5.10 Å². The molecular weight excluding hydrogens is 335 g/mol. The van der Waals surface area contributed by atoms with Crippen molar-refractivity contribution in [1.29, 1.82) is 0 Å². The van der Waals surface area contributed by atoms with E-state index in [9.17, 15) is 23.1 Å². The molecule has 2 aromatic rings. The molecule has 1 aliphatic heterocycles. The normalized spacial score (nSPS) is 20.9. The van der Waals surface area contributed by atoms with Gasteiger partial charge in [-0.1, -0.05) is 25.1 Å². The highest BCUT2D eigenvalue weighted by molar-refractivity contribution is 5.95. The number of aromatic nitrogens is 2. The molecule has 0 spiro atoms. The fourth-order valence-electron chi connectivity index (χ4n) is 3.15. The number of para-hydroxylation sites is 1. The van der Waals surface area contributed by atoms with Crippen LogP contribution in [0, 0.1) is 11.8 Å². The number of halogens is 3. The molecule has 1 N–H and O–H groups in total. The summed E-state index contributed by atoms with van der Waals surface area (Å²) in [4.78, 5) is 14.0. The van der Waals surface area contributed by atoms with Crippen LogP contribution in [0.5, 0.6) is 0 Å². The number of rotatable bonds is 3. The van der Waals surface area contributed by atoms with Crippen molar-refractivity contribution in [2.24, 2.45) is 11.8 Å². The minimum Gasteiger partial charge on any atom is -0.396 e. The van der Waals surface area contributed by atoms with Gasteiger partial charge in [0.1, 0.15) is 0 Å². The summed E-state index contributed by atoms with van der Waals surface area (Å²) in [7, 11) is 0. The van der Waals surface area contributed by atoms with Gasteiger partial charge in [-0.05, 0) is 18.1 Å². The van der Waals surface area contributed by atoms with E-state index in [0.717, 1.165) is 10.9 Å². The number of hydrogen-bond acceptors (Lipinski definition) is 3. The highest BCUT2D eigenvalue weighted by Gasteiger charge is 2.42. The van der Waals surface area contributed by atoms with Gasteiger partial charge in [0, 0.05) is 25.6 Å². The molecule has 1 aromatic heterocycles. The smallest absolute Gasteiger partial charge is 0.396 e. The Bertz CT molecular complexity index is 758. The van der Waals surface area contributed by atoms with Crippen LogP contribution in [0.15, 0.2) is 36.5 Å². The molecule has 0 aliphatic carbocycles. The Morgan fingerprint density at radius 2 is 1.96 bits per heavy atom. The van der Waals surface area contributed by atoms with Gasteiger partial charge in [0.05, 0.1) is 17.4 Å². The van der Waals surface area contributed by atoms with Crippen molar-refractivity contribution >= 4 is 5.91 Å². The number of carbonyl (C=O) groups excluding carboxylic acids is 1. The Labute approximate surface area is 142 Å². The number of amides is 1. The first-order valence-electron chi connectivity index (χ1n) is 7.93. The van der Waals surface area contributed by atoms with Crippen molar-refractivity contribution in [3.63, 3.8) is 0 Å². The molecule has 0 bridgehead atoms. The fraction of sp³-hybridized carbons (Fsp3) is 0.412. The van der Waals surface area contributed by atoms with Crippen LogP contribution in [0.4, 0.5) is 13.2 Å². The van der Waals surface area contributed by atoms with Crippen LogP contribution in [0.3, 0.4) is 0 Å². The Morgan fingerprint density at radius 3 is 2.52 bits per heavy atom. The van der Waals surface area contributed by atoms with Crippen LogP contribution in [-0.2, 0) is 6.18 Å². The van der Waals surface area contributed by atoms with E-state index in [4.69, 9.17) is 0 Å². The molecule has 134 valence electrons. The summed E-state index contributed by atoms with van der Waals surface area (Å²) in [6, 6.07) is 7.89.